The normalized spacial score (nSPS) is 11.0. The van der Waals surface area contributed by atoms with Crippen molar-refractivity contribution in [1.29, 1.82) is 0 Å². The lowest BCUT2D eigenvalue weighted by molar-refractivity contribution is -0.384. The molecule has 2 heterocycles. The molecule has 0 aliphatic heterocycles. The molecule has 4 rings (SSSR count). The third-order valence-electron chi connectivity index (χ3n) is 4.24. The number of carbonyl (C=O) groups excluding carboxylic acids is 1. The van der Waals surface area contributed by atoms with Gasteiger partial charge in [-0.1, -0.05) is 18.2 Å². The lowest BCUT2D eigenvalue weighted by Gasteiger charge is -2.06. The van der Waals surface area contributed by atoms with Gasteiger partial charge in [0.1, 0.15) is 5.69 Å². The molecule has 2 aromatic heterocycles. The van der Waals surface area contributed by atoms with Crippen molar-refractivity contribution < 1.29 is 14.5 Å². The molecule has 7 nitrogen and oxygen atoms in total. The number of non-ortho nitro benzene ring substituents is 1. The zero-order chi connectivity index (χ0) is 18.3. The van der Waals surface area contributed by atoms with Crippen LogP contribution in [0, 0.1) is 10.1 Å². The molecule has 4 aromatic rings. The molecule has 0 atom stereocenters. The number of nitrogens with zero attached hydrogens (tertiary/aromatic N) is 2. The van der Waals surface area contributed by atoms with Gasteiger partial charge in [-0.2, -0.15) is 0 Å². The maximum atomic E-state index is 12.1. The Labute approximate surface area is 147 Å². The molecule has 0 saturated carbocycles. The minimum absolute atomic E-state index is 0.00855. The van der Waals surface area contributed by atoms with Gasteiger partial charge in [0, 0.05) is 34.0 Å². The Morgan fingerprint density at radius 3 is 2.54 bits per heavy atom. The van der Waals surface area contributed by atoms with E-state index in [1.54, 1.807) is 18.2 Å². The van der Waals surface area contributed by atoms with Crippen LogP contribution in [0.4, 0.5) is 5.69 Å². The van der Waals surface area contributed by atoms with Gasteiger partial charge in [-0.25, -0.2) is 9.78 Å². The van der Waals surface area contributed by atoms with Crippen LogP contribution in [0.5, 0.6) is 0 Å². The second kappa shape index (κ2) is 5.96. The van der Waals surface area contributed by atoms with Crippen LogP contribution in [0.15, 0.2) is 54.6 Å². The van der Waals surface area contributed by atoms with Gasteiger partial charge in [-0.15, -0.1) is 0 Å². The fraction of sp³-hybridized carbons (Fsp3) is 0.0526. The molecular weight excluding hydrogens is 334 g/mol. The number of aromatic nitrogens is 2. The highest BCUT2D eigenvalue weighted by Gasteiger charge is 2.17. The molecular formula is C19H13N3O4. The van der Waals surface area contributed by atoms with E-state index in [4.69, 9.17) is 4.74 Å². The van der Waals surface area contributed by atoms with Crippen molar-refractivity contribution in [2.75, 3.05) is 7.11 Å². The first-order valence-corrected chi connectivity index (χ1v) is 7.83. The monoisotopic (exact) mass is 347 g/mol. The first-order chi connectivity index (χ1) is 12.6. The fourth-order valence-corrected chi connectivity index (χ4v) is 3.00. The summed E-state index contributed by atoms with van der Waals surface area (Å²) in [7, 11) is 1.30. The van der Waals surface area contributed by atoms with Gasteiger partial charge in [0.15, 0.2) is 0 Å². The van der Waals surface area contributed by atoms with Crippen LogP contribution < -0.4 is 0 Å². The molecule has 7 heteroatoms. The predicted molar refractivity (Wildman–Crippen MR) is 97.0 cm³/mol. The summed E-state index contributed by atoms with van der Waals surface area (Å²) in [5.74, 6) is -0.541. The van der Waals surface area contributed by atoms with Crippen molar-refractivity contribution in [2.24, 2.45) is 0 Å². The van der Waals surface area contributed by atoms with Gasteiger partial charge in [-0.05, 0) is 24.3 Å². The average molecular weight is 347 g/mol. The van der Waals surface area contributed by atoms with Crippen LogP contribution in [-0.4, -0.2) is 28.0 Å². The van der Waals surface area contributed by atoms with Gasteiger partial charge >= 0.3 is 5.97 Å². The van der Waals surface area contributed by atoms with Gasteiger partial charge in [-0.3, -0.25) is 10.1 Å². The number of nitro benzene ring substituents is 1. The van der Waals surface area contributed by atoms with Crippen LogP contribution in [0.3, 0.4) is 0 Å². The summed E-state index contributed by atoms with van der Waals surface area (Å²) < 4.78 is 4.81. The zero-order valence-electron chi connectivity index (χ0n) is 13.7. The number of rotatable bonds is 3. The van der Waals surface area contributed by atoms with E-state index < -0.39 is 10.9 Å². The molecule has 26 heavy (non-hydrogen) atoms. The summed E-state index contributed by atoms with van der Waals surface area (Å²) in [5, 5.41) is 12.7. The van der Waals surface area contributed by atoms with Crippen molar-refractivity contribution in [3.63, 3.8) is 0 Å². The minimum atomic E-state index is -0.541. The maximum Gasteiger partial charge on any atom is 0.356 e. The van der Waals surface area contributed by atoms with Crippen molar-refractivity contribution in [3.8, 4) is 11.3 Å². The Bertz CT molecular complexity index is 1160. The fourth-order valence-electron chi connectivity index (χ4n) is 3.00. The van der Waals surface area contributed by atoms with Gasteiger partial charge < -0.3 is 9.72 Å². The number of carbonyl (C=O) groups is 1. The van der Waals surface area contributed by atoms with Crippen LogP contribution >= 0.6 is 0 Å². The lowest BCUT2D eigenvalue weighted by Crippen LogP contribution is -2.05. The number of hydrogen-bond acceptors (Lipinski definition) is 5. The lowest BCUT2D eigenvalue weighted by atomic mass is 10.1. The van der Waals surface area contributed by atoms with Crippen LogP contribution in [0.1, 0.15) is 10.5 Å². The molecule has 0 aliphatic rings. The van der Waals surface area contributed by atoms with E-state index in [0.717, 1.165) is 21.8 Å². The Morgan fingerprint density at radius 2 is 1.85 bits per heavy atom. The van der Waals surface area contributed by atoms with E-state index >= 15 is 0 Å². The number of pyridine rings is 1. The number of para-hydroxylation sites is 1. The summed E-state index contributed by atoms with van der Waals surface area (Å²) in [6, 6.07) is 15.5. The molecule has 2 aromatic carbocycles. The molecule has 0 fully saturated rings. The second-order valence-corrected chi connectivity index (χ2v) is 5.74. The molecule has 0 spiro atoms. The number of ether oxygens (including phenoxy) is 1. The molecule has 0 unspecified atom stereocenters. The topological polar surface area (TPSA) is 98.1 Å². The minimum Gasteiger partial charge on any atom is -0.464 e. The SMILES string of the molecule is COC(=O)c1cc2c([nH]c3ccccc32)c(-c2ccc([N+](=O)[O-])cc2)n1. The summed E-state index contributed by atoms with van der Waals surface area (Å²) in [5.41, 5.74) is 3.04. The van der Waals surface area contributed by atoms with Crippen LogP contribution in [0.25, 0.3) is 33.1 Å². The van der Waals surface area contributed by atoms with Crippen molar-refractivity contribution in [1.82, 2.24) is 9.97 Å². The Morgan fingerprint density at radius 1 is 1.12 bits per heavy atom. The predicted octanol–water partition coefficient (Wildman–Crippen LogP) is 4.08. The highest BCUT2D eigenvalue weighted by molar-refractivity contribution is 6.12. The molecule has 1 N–H and O–H groups in total. The first kappa shape index (κ1) is 15.8. The Hall–Kier alpha value is -3.74. The number of nitro groups is 1. The molecule has 128 valence electrons. The molecule has 0 amide bonds. The number of H-pyrrole nitrogens is 1. The van der Waals surface area contributed by atoms with E-state index in [2.05, 4.69) is 9.97 Å². The highest BCUT2D eigenvalue weighted by Crippen LogP contribution is 2.33. The number of nitrogens with one attached hydrogen (secondary N) is 1. The standard InChI is InChI=1S/C19H13N3O4/c1-26-19(23)16-10-14-13-4-2-3-5-15(13)20-18(14)17(21-16)11-6-8-12(9-7-11)22(24)25/h2-10,20H,1H3. The van der Waals surface area contributed by atoms with Gasteiger partial charge in [0.05, 0.1) is 23.2 Å². The third kappa shape index (κ3) is 2.46. The number of methoxy groups -OCH3 is 1. The number of benzene rings is 2. The number of hydrogen-bond donors (Lipinski definition) is 1. The highest BCUT2D eigenvalue weighted by atomic mass is 16.6. The van der Waals surface area contributed by atoms with Crippen molar-refractivity contribution in [3.05, 3.63) is 70.4 Å². The van der Waals surface area contributed by atoms with E-state index in [1.165, 1.54) is 19.2 Å². The summed E-state index contributed by atoms with van der Waals surface area (Å²) in [4.78, 5) is 30.2. The smallest absolute Gasteiger partial charge is 0.356 e. The average Bonchev–Trinajstić information content (AvgIpc) is 3.05. The summed E-state index contributed by atoms with van der Waals surface area (Å²) in [6.07, 6.45) is 0. The molecule has 0 radical (unpaired) electrons. The largest absolute Gasteiger partial charge is 0.464 e. The quantitative estimate of drug-likeness (QED) is 0.342. The second-order valence-electron chi connectivity index (χ2n) is 5.74. The van der Waals surface area contributed by atoms with E-state index in [0.29, 0.717) is 11.3 Å². The summed E-state index contributed by atoms with van der Waals surface area (Å²) >= 11 is 0. The van der Waals surface area contributed by atoms with Gasteiger partial charge in [0.2, 0.25) is 0 Å². The van der Waals surface area contributed by atoms with Gasteiger partial charge in [0.25, 0.3) is 5.69 Å². The zero-order valence-corrected chi connectivity index (χ0v) is 13.7. The van der Waals surface area contributed by atoms with E-state index in [-0.39, 0.29) is 11.4 Å². The third-order valence-corrected chi connectivity index (χ3v) is 4.24. The number of aromatic amines is 1. The van der Waals surface area contributed by atoms with Crippen molar-refractivity contribution >= 4 is 33.5 Å². The molecule has 0 saturated heterocycles. The van der Waals surface area contributed by atoms with E-state index in [1.807, 2.05) is 24.3 Å². The van der Waals surface area contributed by atoms with Crippen LogP contribution in [-0.2, 0) is 4.74 Å². The molecule has 0 bridgehead atoms. The summed E-state index contributed by atoms with van der Waals surface area (Å²) in [6.45, 7) is 0. The Balaban J connectivity index is 2.02. The first-order valence-electron chi connectivity index (χ1n) is 7.83. The van der Waals surface area contributed by atoms with Crippen molar-refractivity contribution in [2.45, 2.75) is 0 Å². The van der Waals surface area contributed by atoms with E-state index in [9.17, 15) is 14.9 Å². The number of esters is 1. The Kier molecular flexibility index (Phi) is 3.62. The maximum absolute atomic E-state index is 12.1. The van der Waals surface area contributed by atoms with Crippen LogP contribution in [0.2, 0.25) is 0 Å². The molecule has 0 aliphatic carbocycles. The number of fused-ring (bicyclic) bond motifs is 3.